The molecule has 0 unspecified atom stereocenters. The van der Waals surface area contributed by atoms with Gasteiger partial charge >= 0.3 is 5.97 Å². The minimum Gasteiger partial charge on any atom is -0.453 e. The van der Waals surface area contributed by atoms with Crippen LogP contribution in [0.4, 0.5) is 0 Å². The number of rotatable bonds is 11. The fourth-order valence-electron chi connectivity index (χ4n) is 5.13. The smallest absolute Gasteiger partial charge is 0.303 e. The number of aliphatic hydroxyl groups is 1. The molecule has 0 radical (unpaired) electrons. The summed E-state index contributed by atoms with van der Waals surface area (Å²) < 4.78 is 18.0. The third-order valence-corrected chi connectivity index (χ3v) is 8.61. The number of hydrogen-bond acceptors (Lipinski definition) is 7. The van der Waals surface area contributed by atoms with Gasteiger partial charge in [-0.2, -0.15) is 0 Å². The second-order valence-corrected chi connectivity index (χ2v) is 11.8. The van der Waals surface area contributed by atoms with Crippen LogP contribution in [0, 0.1) is 0 Å². The topological polar surface area (TPSA) is 94.1 Å². The molecule has 1 aliphatic rings. The number of carbonyl (C=O) groups excluding carboxylic acids is 2. The molecule has 7 nitrogen and oxygen atoms in total. The molecule has 1 fully saturated rings. The van der Waals surface area contributed by atoms with E-state index < -0.39 is 18.4 Å². The maximum absolute atomic E-state index is 12.4. The molecule has 2 N–H and O–H groups in total. The predicted molar refractivity (Wildman–Crippen MR) is 171 cm³/mol. The molecule has 4 atom stereocenters. The van der Waals surface area contributed by atoms with Crippen molar-refractivity contribution in [2.45, 2.75) is 62.9 Å². The Kier molecular flexibility index (Phi) is 10.9. The zero-order valence-electron chi connectivity index (χ0n) is 24.8. The van der Waals surface area contributed by atoms with Crippen LogP contribution in [0.5, 0.6) is 0 Å². The molecule has 0 saturated carbocycles. The Balaban J connectivity index is 1.31. The Morgan fingerprint density at radius 3 is 2.30 bits per heavy atom. The summed E-state index contributed by atoms with van der Waals surface area (Å²) in [6, 6.07) is 34.2. The van der Waals surface area contributed by atoms with Gasteiger partial charge in [-0.05, 0) is 46.9 Å². The predicted octanol–water partition coefficient (Wildman–Crippen LogP) is 6.75. The van der Waals surface area contributed by atoms with Gasteiger partial charge in [0, 0.05) is 36.1 Å². The molecule has 1 saturated heterocycles. The van der Waals surface area contributed by atoms with E-state index in [-0.39, 0.29) is 24.7 Å². The van der Waals surface area contributed by atoms with Gasteiger partial charge in [-0.1, -0.05) is 91.0 Å². The van der Waals surface area contributed by atoms with Gasteiger partial charge in [-0.25, -0.2) is 0 Å². The number of thioether (sulfide) groups is 1. The first-order valence-electron chi connectivity index (χ1n) is 14.7. The number of carbonyl (C=O) groups is 2. The first-order valence-corrected chi connectivity index (χ1v) is 15.7. The van der Waals surface area contributed by atoms with Gasteiger partial charge in [0.25, 0.3) is 5.91 Å². The van der Waals surface area contributed by atoms with Crippen LogP contribution in [0.15, 0.2) is 108 Å². The number of ether oxygens (including phenoxy) is 3. The van der Waals surface area contributed by atoms with Crippen LogP contribution in [0.25, 0.3) is 11.1 Å². The molecular formula is C36H37NO6S. The maximum atomic E-state index is 12.4. The number of nitrogens with one attached hydrogen (secondary N) is 1. The molecular weight excluding hydrogens is 574 g/mol. The average molecular weight is 612 g/mol. The van der Waals surface area contributed by atoms with E-state index >= 15 is 0 Å². The van der Waals surface area contributed by atoms with Gasteiger partial charge in [0.05, 0.1) is 18.8 Å². The number of amides is 1. The van der Waals surface area contributed by atoms with E-state index in [4.69, 9.17) is 14.2 Å². The molecule has 228 valence electrons. The molecule has 0 aromatic heterocycles. The van der Waals surface area contributed by atoms with Crippen molar-refractivity contribution in [2.75, 3.05) is 5.75 Å². The van der Waals surface area contributed by atoms with Gasteiger partial charge in [0.1, 0.15) is 0 Å². The summed E-state index contributed by atoms with van der Waals surface area (Å²) in [5.74, 6) is -0.0498. The average Bonchev–Trinajstić information content (AvgIpc) is 3.06. The zero-order chi connectivity index (χ0) is 30.9. The van der Waals surface area contributed by atoms with E-state index in [9.17, 15) is 14.7 Å². The number of esters is 1. The van der Waals surface area contributed by atoms with Crippen LogP contribution < -0.4 is 5.32 Å². The highest BCUT2D eigenvalue weighted by atomic mass is 32.2. The van der Waals surface area contributed by atoms with Gasteiger partial charge in [0.15, 0.2) is 12.4 Å². The lowest BCUT2D eigenvalue weighted by molar-refractivity contribution is -0.245. The summed E-state index contributed by atoms with van der Waals surface area (Å²) in [6.07, 6.45) is -0.858. The molecule has 1 heterocycles. The van der Waals surface area contributed by atoms with Gasteiger partial charge in [-0.3, -0.25) is 9.59 Å². The maximum Gasteiger partial charge on any atom is 0.303 e. The number of benzene rings is 4. The number of aliphatic hydroxyl groups excluding tert-OH is 1. The van der Waals surface area contributed by atoms with Crippen LogP contribution in [-0.2, 0) is 37.0 Å². The van der Waals surface area contributed by atoms with Crippen molar-refractivity contribution in [3.63, 3.8) is 0 Å². The van der Waals surface area contributed by atoms with Crippen molar-refractivity contribution in [1.82, 2.24) is 5.32 Å². The lowest BCUT2D eigenvalue weighted by Gasteiger charge is -2.36. The normalized spacial score (nSPS) is 18.8. The quantitative estimate of drug-likeness (QED) is 0.143. The highest BCUT2D eigenvalue weighted by Gasteiger charge is 2.32. The molecule has 5 rings (SSSR count). The fourth-order valence-corrected chi connectivity index (χ4v) is 6.08. The minimum atomic E-state index is -0.860. The second-order valence-electron chi connectivity index (χ2n) is 10.7. The summed E-state index contributed by atoms with van der Waals surface area (Å²) >= 11 is 1.77. The molecule has 1 amide bonds. The summed E-state index contributed by atoms with van der Waals surface area (Å²) in [6.45, 7) is 3.14. The van der Waals surface area contributed by atoms with Gasteiger partial charge in [0.2, 0.25) is 0 Å². The van der Waals surface area contributed by atoms with Crippen LogP contribution in [0.1, 0.15) is 54.9 Å². The third kappa shape index (κ3) is 8.36. The third-order valence-electron chi connectivity index (χ3n) is 7.47. The molecule has 44 heavy (non-hydrogen) atoms. The lowest BCUT2D eigenvalue weighted by atomic mass is 9.97. The van der Waals surface area contributed by atoms with Gasteiger partial charge < -0.3 is 24.6 Å². The fraction of sp³-hybridized carbons (Fsp3) is 0.278. The van der Waals surface area contributed by atoms with Crippen molar-refractivity contribution in [2.24, 2.45) is 0 Å². The summed E-state index contributed by atoms with van der Waals surface area (Å²) in [5.41, 5.74) is 5.77. The minimum absolute atomic E-state index is 0.00311. The van der Waals surface area contributed by atoms with Crippen molar-refractivity contribution in [3.8, 4) is 11.1 Å². The Morgan fingerprint density at radius 2 is 1.59 bits per heavy atom. The first kappa shape index (κ1) is 31.5. The van der Waals surface area contributed by atoms with E-state index in [1.807, 2.05) is 91.0 Å². The molecule has 0 spiro atoms. The Morgan fingerprint density at radius 1 is 0.909 bits per heavy atom. The number of hydrogen-bond donors (Lipinski definition) is 2. The van der Waals surface area contributed by atoms with Crippen LogP contribution in [0.3, 0.4) is 0 Å². The molecule has 1 aliphatic heterocycles. The van der Waals surface area contributed by atoms with E-state index in [0.29, 0.717) is 6.54 Å². The Bertz CT molecular complexity index is 1530. The van der Waals surface area contributed by atoms with E-state index in [1.165, 1.54) is 11.8 Å². The van der Waals surface area contributed by atoms with Crippen LogP contribution >= 0.6 is 11.8 Å². The Hall–Kier alpha value is -3.95. The lowest BCUT2D eigenvalue weighted by Crippen LogP contribution is -2.35. The monoisotopic (exact) mass is 611 g/mol. The van der Waals surface area contributed by atoms with Crippen molar-refractivity contribution in [1.29, 1.82) is 0 Å². The largest absolute Gasteiger partial charge is 0.453 e. The van der Waals surface area contributed by atoms with Crippen molar-refractivity contribution < 1.29 is 28.9 Å². The van der Waals surface area contributed by atoms with Crippen LogP contribution in [0.2, 0.25) is 0 Å². The summed E-state index contributed by atoms with van der Waals surface area (Å²) in [4.78, 5) is 24.8. The molecule has 8 heteroatoms. The van der Waals surface area contributed by atoms with Crippen molar-refractivity contribution in [3.05, 3.63) is 125 Å². The molecule has 0 aliphatic carbocycles. The SMILES string of the molecule is CC(=O)O[C@@H](C)C(=O)NCc1ccccc1-c1ccc([C@H]2O[C@@H](CSc3ccccc3)C[C@@H](c3ccc(CO)cc3)O2)cc1. The second kappa shape index (κ2) is 15.2. The molecule has 4 aromatic carbocycles. The standard InChI is InChI=1S/C36H37NO6S/c1-24(41-25(2)39)35(40)37-21-30-8-6-7-11-33(30)27-16-18-29(19-17-27)36-42-31(23-44-32-9-4-3-5-10-32)20-34(43-36)28-14-12-26(22-38)13-15-28/h3-19,24,31,34,36,38H,20-23H2,1-2H3,(H,37,40)/t24-,31+,34-,36-/m0/s1. The summed E-state index contributed by atoms with van der Waals surface area (Å²) in [5, 5.41) is 12.3. The zero-order valence-corrected chi connectivity index (χ0v) is 25.7. The first-order chi connectivity index (χ1) is 21.4. The molecule has 0 bridgehead atoms. The van der Waals surface area contributed by atoms with Gasteiger partial charge in [-0.15, -0.1) is 11.8 Å². The van der Waals surface area contributed by atoms with E-state index in [2.05, 4.69) is 17.4 Å². The highest BCUT2D eigenvalue weighted by Crippen LogP contribution is 2.40. The molecule has 4 aromatic rings. The Labute approximate surface area is 262 Å². The van der Waals surface area contributed by atoms with Crippen LogP contribution in [-0.4, -0.2) is 34.9 Å². The van der Waals surface area contributed by atoms with Crippen molar-refractivity contribution >= 4 is 23.6 Å². The highest BCUT2D eigenvalue weighted by molar-refractivity contribution is 7.99. The summed E-state index contributed by atoms with van der Waals surface area (Å²) in [7, 11) is 0. The van der Waals surface area contributed by atoms with E-state index in [0.717, 1.165) is 45.6 Å². The van der Waals surface area contributed by atoms with E-state index in [1.54, 1.807) is 18.7 Å².